The first-order valence-electron chi connectivity index (χ1n) is 9.39. The molecule has 6 nitrogen and oxygen atoms in total. The van der Waals surface area contributed by atoms with Gasteiger partial charge in [-0.05, 0) is 38.2 Å². The maximum Gasteiger partial charge on any atom is 0.323 e. The first kappa shape index (κ1) is 17.2. The zero-order valence-electron chi connectivity index (χ0n) is 15.4. The minimum atomic E-state index is -0.206. The third-order valence-electron chi connectivity index (χ3n) is 5.76. The predicted octanol–water partition coefficient (Wildman–Crippen LogP) is 3.35. The lowest BCUT2D eigenvalue weighted by atomic mass is 9.85. The van der Waals surface area contributed by atoms with Gasteiger partial charge in [0.1, 0.15) is 6.04 Å². The standard InChI is InChI=1S/C20H25N3O3/c1-13-6-5-8-15(10-13)19-21-18(26-22-19)12-23-16-9-4-3-7-14(16)11-17(23)20(24)25-2/h5-6,8,10,14,16-17H,3-4,7,9,11-12H2,1-2H3/t14-,16-,17-/m0/s1. The average Bonchev–Trinajstić information content (AvgIpc) is 3.27. The van der Waals surface area contributed by atoms with Crippen LogP contribution in [0.5, 0.6) is 0 Å². The summed E-state index contributed by atoms with van der Waals surface area (Å²) in [5, 5.41) is 4.13. The SMILES string of the molecule is COC(=O)[C@@H]1C[C@@H]2CCCC[C@@H]2N1Cc1nc(-c2cccc(C)c2)no1. The molecule has 0 radical (unpaired) electrons. The number of likely N-dealkylation sites (tertiary alicyclic amines) is 1. The van der Waals surface area contributed by atoms with Gasteiger partial charge in [-0.1, -0.05) is 41.8 Å². The molecule has 138 valence electrons. The second kappa shape index (κ2) is 7.19. The summed E-state index contributed by atoms with van der Waals surface area (Å²) < 4.78 is 10.6. The van der Waals surface area contributed by atoms with Gasteiger partial charge < -0.3 is 9.26 Å². The molecule has 1 aliphatic heterocycles. The zero-order chi connectivity index (χ0) is 18.1. The van der Waals surface area contributed by atoms with Crippen molar-refractivity contribution in [3.63, 3.8) is 0 Å². The van der Waals surface area contributed by atoms with E-state index in [4.69, 9.17) is 9.26 Å². The molecule has 2 aliphatic rings. The second-order valence-electron chi connectivity index (χ2n) is 7.44. The van der Waals surface area contributed by atoms with Crippen LogP contribution in [0.4, 0.5) is 0 Å². The van der Waals surface area contributed by atoms with E-state index in [0.717, 1.165) is 24.0 Å². The molecule has 6 heteroatoms. The molecule has 2 fully saturated rings. The number of carbonyl (C=O) groups is 1. The van der Waals surface area contributed by atoms with Crippen LogP contribution in [0.1, 0.15) is 43.6 Å². The van der Waals surface area contributed by atoms with Crippen molar-refractivity contribution in [3.05, 3.63) is 35.7 Å². The molecule has 1 aromatic carbocycles. The Balaban J connectivity index is 1.55. The number of methoxy groups -OCH3 is 1. The molecule has 1 saturated heterocycles. The Kier molecular flexibility index (Phi) is 4.76. The van der Waals surface area contributed by atoms with E-state index in [0.29, 0.717) is 30.2 Å². The summed E-state index contributed by atoms with van der Waals surface area (Å²) in [5.74, 6) is 1.56. The van der Waals surface area contributed by atoms with Crippen molar-refractivity contribution in [3.8, 4) is 11.4 Å². The molecule has 0 N–H and O–H groups in total. The molecule has 2 aromatic rings. The average molecular weight is 355 g/mol. The summed E-state index contributed by atoms with van der Waals surface area (Å²) in [7, 11) is 1.46. The molecule has 1 saturated carbocycles. The Morgan fingerprint density at radius 3 is 3.00 bits per heavy atom. The van der Waals surface area contributed by atoms with Crippen LogP contribution in [-0.2, 0) is 16.1 Å². The van der Waals surface area contributed by atoms with Gasteiger partial charge in [0.2, 0.25) is 11.7 Å². The Hall–Kier alpha value is -2.21. The van der Waals surface area contributed by atoms with Crippen molar-refractivity contribution < 1.29 is 14.1 Å². The Labute approximate surface area is 153 Å². The van der Waals surface area contributed by atoms with E-state index in [9.17, 15) is 4.79 Å². The summed E-state index contributed by atoms with van der Waals surface area (Å²) in [5.41, 5.74) is 2.10. The van der Waals surface area contributed by atoms with Crippen LogP contribution in [0.2, 0.25) is 0 Å². The van der Waals surface area contributed by atoms with Crippen molar-refractivity contribution in [2.45, 2.75) is 57.7 Å². The highest BCUT2D eigenvalue weighted by molar-refractivity contribution is 5.76. The number of hydrogen-bond acceptors (Lipinski definition) is 6. The maximum atomic E-state index is 12.3. The first-order valence-corrected chi connectivity index (χ1v) is 9.39. The van der Waals surface area contributed by atoms with Gasteiger partial charge in [-0.3, -0.25) is 9.69 Å². The smallest absolute Gasteiger partial charge is 0.323 e. The minimum absolute atomic E-state index is 0.155. The van der Waals surface area contributed by atoms with Crippen molar-refractivity contribution in [1.82, 2.24) is 15.0 Å². The van der Waals surface area contributed by atoms with E-state index >= 15 is 0 Å². The number of benzene rings is 1. The summed E-state index contributed by atoms with van der Waals surface area (Å²) in [6.07, 6.45) is 5.64. The van der Waals surface area contributed by atoms with Crippen molar-refractivity contribution >= 4 is 5.97 Å². The van der Waals surface area contributed by atoms with Crippen LogP contribution in [0.25, 0.3) is 11.4 Å². The van der Waals surface area contributed by atoms with Gasteiger partial charge in [0.25, 0.3) is 0 Å². The van der Waals surface area contributed by atoms with Crippen LogP contribution in [0.15, 0.2) is 28.8 Å². The molecule has 3 atom stereocenters. The molecule has 2 heterocycles. The van der Waals surface area contributed by atoms with Crippen molar-refractivity contribution in [1.29, 1.82) is 0 Å². The lowest BCUT2D eigenvalue weighted by Crippen LogP contribution is -2.42. The van der Waals surface area contributed by atoms with E-state index in [2.05, 4.69) is 15.0 Å². The predicted molar refractivity (Wildman–Crippen MR) is 96.2 cm³/mol. The molecule has 4 rings (SSSR count). The number of rotatable bonds is 4. The molecule has 1 aromatic heterocycles. The summed E-state index contributed by atoms with van der Waals surface area (Å²) >= 11 is 0. The monoisotopic (exact) mass is 355 g/mol. The van der Waals surface area contributed by atoms with E-state index in [1.54, 1.807) is 0 Å². The number of fused-ring (bicyclic) bond motifs is 1. The van der Waals surface area contributed by atoms with Gasteiger partial charge in [0.05, 0.1) is 13.7 Å². The zero-order valence-corrected chi connectivity index (χ0v) is 15.4. The number of carbonyl (C=O) groups excluding carboxylic acids is 1. The Morgan fingerprint density at radius 2 is 2.19 bits per heavy atom. The summed E-state index contributed by atoms with van der Waals surface area (Å²) in [4.78, 5) is 19.1. The Morgan fingerprint density at radius 1 is 1.35 bits per heavy atom. The number of nitrogens with zero attached hydrogens (tertiary/aromatic N) is 3. The number of ether oxygens (including phenoxy) is 1. The molecular formula is C20H25N3O3. The first-order chi connectivity index (χ1) is 12.7. The molecule has 0 unspecified atom stereocenters. The van der Waals surface area contributed by atoms with Gasteiger partial charge in [0.15, 0.2) is 0 Å². The van der Waals surface area contributed by atoms with Crippen molar-refractivity contribution in [2.75, 3.05) is 7.11 Å². The van der Waals surface area contributed by atoms with E-state index < -0.39 is 0 Å². The van der Waals surface area contributed by atoms with Crippen molar-refractivity contribution in [2.24, 2.45) is 5.92 Å². The highest BCUT2D eigenvalue weighted by atomic mass is 16.5. The van der Waals surface area contributed by atoms with Crippen LogP contribution >= 0.6 is 0 Å². The summed E-state index contributed by atoms with van der Waals surface area (Å²) in [6, 6.07) is 8.25. The molecule has 0 bridgehead atoms. The second-order valence-corrected chi connectivity index (χ2v) is 7.44. The number of aromatic nitrogens is 2. The van der Waals surface area contributed by atoms with Gasteiger partial charge in [-0.2, -0.15) is 4.98 Å². The number of aryl methyl sites for hydroxylation is 1. The normalized spacial score (nSPS) is 25.8. The fourth-order valence-electron chi connectivity index (χ4n) is 4.52. The fourth-order valence-corrected chi connectivity index (χ4v) is 4.52. The summed E-state index contributed by atoms with van der Waals surface area (Å²) in [6.45, 7) is 2.54. The lowest BCUT2D eigenvalue weighted by Gasteiger charge is -2.32. The number of esters is 1. The van der Waals surface area contributed by atoms with Crippen LogP contribution in [0, 0.1) is 12.8 Å². The lowest BCUT2D eigenvalue weighted by molar-refractivity contribution is -0.146. The number of hydrogen-bond donors (Lipinski definition) is 0. The topological polar surface area (TPSA) is 68.5 Å². The molecule has 1 aliphatic carbocycles. The van der Waals surface area contributed by atoms with Gasteiger partial charge in [-0.15, -0.1) is 0 Å². The fraction of sp³-hybridized carbons (Fsp3) is 0.550. The minimum Gasteiger partial charge on any atom is -0.468 e. The van der Waals surface area contributed by atoms with E-state index in [-0.39, 0.29) is 12.0 Å². The largest absolute Gasteiger partial charge is 0.468 e. The molecule has 0 spiro atoms. The third-order valence-corrected chi connectivity index (χ3v) is 5.76. The molecular weight excluding hydrogens is 330 g/mol. The van der Waals surface area contributed by atoms with Crippen LogP contribution < -0.4 is 0 Å². The highest BCUT2D eigenvalue weighted by Gasteiger charge is 2.46. The maximum absolute atomic E-state index is 12.3. The van der Waals surface area contributed by atoms with Gasteiger partial charge >= 0.3 is 5.97 Å². The van der Waals surface area contributed by atoms with Crippen LogP contribution in [-0.4, -0.2) is 40.2 Å². The van der Waals surface area contributed by atoms with Crippen LogP contribution in [0.3, 0.4) is 0 Å². The Bertz CT molecular complexity index is 788. The molecule has 0 amide bonds. The third kappa shape index (κ3) is 3.26. The quantitative estimate of drug-likeness (QED) is 0.784. The molecule has 26 heavy (non-hydrogen) atoms. The van der Waals surface area contributed by atoms with Gasteiger partial charge in [-0.25, -0.2) is 0 Å². The van der Waals surface area contributed by atoms with E-state index in [1.807, 2.05) is 31.2 Å². The van der Waals surface area contributed by atoms with Gasteiger partial charge in [0, 0.05) is 11.6 Å². The highest BCUT2D eigenvalue weighted by Crippen LogP contribution is 2.40. The van der Waals surface area contributed by atoms with E-state index in [1.165, 1.54) is 26.4 Å².